The van der Waals surface area contributed by atoms with Crippen molar-refractivity contribution in [2.24, 2.45) is 0 Å². The van der Waals surface area contributed by atoms with Gasteiger partial charge < -0.3 is 4.74 Å². The van der Waals surface area contributed by atoms with Gasteiger partial charge in [0.05, 0.1) is 7.11 Å². The van der Waals surface area contributed by atoms with Crippen LogP contribution < -0.4 is 0 Å². The average Bonchev–Trinajstić information content (AvgIpc) is 3.04. The number of thiophene rings is 1. The fourth-order valence-corrected chi connectivity index (χ4v) is 4.00. The van der Waals surface area contributed by atoms with Crippen molar-refractivity contribution in [3.05, 3.63) is 40.3 Å². The fraction of sp³-hybridized carbons (Fsp3) is 0.412. The van der Waals surface area contributed by atoms with E-state index in [1.165, 1.54) is 56.1 Å². The van der Waals surface area contributed by atoms with Crippen LogP contribution in [0.4, 0.5) is 0 Å². The molecule has 1 saturated carbocycles. The molecule has 110 valence electrons. The van der Waals surface area contributed by atoms with Gasteiger partial charge in [0.25, 0.3) is 0 Å². The molecule has 3 nitrogen and oxygen atoms in total. The second kappa shape index (κ2) is 6.39. The van der Waals surface area contributed by atoms with Crippen LogP contribution in [0.25, 0.3) is 11.1 Å². The topological polar surface area (TPSA) is 39.2 Å². The van der Waals surface area contributed by atoms with E-state index >= 15 is 0 Å². The highest BCUT2D eigenvalue weighted by molar-refractivity contribution is 7.12. The van der Waals surface area contributed by atoms with Crippen molar-refractivity contribution in [1.82, 2.24) is 4.98 Å². The highest BCUT2D eigenvalue weighted by Gasteiger charge is 2.22. The molecule has 0 saturated heterocycles. The molecule has 2 heterocycles. The number of carbonyl (C=O) groups is 1. The highest BCUT2D eigenvalue weighted by Crippen LogP contribution is 2.39. The minimum Gasteiger partial charge on any atom is -0.465 e. The molecule has 0 radical (unpaired) electrons. The van der Waals surface area contributed by atoms with Crippen LogP contribution in [0, 0.1) is 0 Å². The molecular weight excluding hydrogens is 282 g/mol. The molecule has 3 rings (SSSR count). The Kier molecular flexibility index (Phi) is 4.34. The van der Waals surface area contributed by atoms with Crippen LogP contribution in [0.5, 0.6) is 0 Å². The molecule has 21 heavy (non-hydrogen) atoms. The molecule has 0 spiro atoms. The Morgan fingerprint density at radius 3 is 2.81 bits per heavy atom. The summed E-state index contributed by atoms with van der Waals surface area (Å²) in [5, 5.41) is 1.94. The smallest absolute Gasteiger partial charge is 0.348 e. The molecule has 0 amide bonds. The van der Waals surface area contributed by atoms with Crippen LogP contribution in [0.1, 0.15) is 53.3 Å². The van der Waals surface area contributed by atoms with Gasteiger partial charge in [-0.05, 0) is 41.8 Å². The number of ether oxygens (including phenoxy) is 1. The van der Waals surface area contributed by atoms with Crippen molar-refractivity contribution < 1.29 is 9.53 Å². The van der Waals surface area contributed by atoms with Crippen molar-refractivity contribution in [3.63, 3.8) is 0 Å². The molecule has 2 aromatic rings. The summed E-state index contributed by atoms with van der Waals surface area (Å²) in [5.74, 6) is 0.320. The first-order valence-corrected chi connectivity index (χ1v) is 8.29. The van der Waals surface area contributed by atoms with Crippen LogP contribution >= 0.6 is 11.3 Å². The number of hydrogen-bond acceptors (Lipinski definition) is 4. The largest absolute Gasteiger partial charge is 0.465 e. The van der Waals surface area contributed by atoms with Gasteiger partial charge in [0.1, 0.15) is 4.88 Å². The van der Waals surface area contributed by atoms with Gasteiger partial charge in [-0.3, -0.25) is 4.98 Å². The van der Waals surface area contributed by atoms with Gasteiger partial charge in [0.15, 0.2) is 0 Å². The summed E-state index contributed by atoms with van der Waals surface area (Å²) in [6.45, 7) is 0. The maximum Gasteiger partial charge on any atom is 0.348 e. The van der Waals surface area contributed by atoms with Crippen molar-refractivity contribution in [1.29, 1.82) is 0 Å². The summed E-state index contributed by atoms with van der Waals surface area (Å²) in [5.41, 5.74) is 3.37. The van der Waals surface area contributed by atoms with Gasteiger partial charge in [-0.2, -0.15) is 0 Å². The predicted octanol–water partition coefficient (Wildman–Crippen LogP) is 4.64. The Bertz CT molecular complexity index is 629. The first-order valence-electron chi connectivity index (χ1n) is 7.41. The van der Waals surface area contributed by atoms with E-state index in [1.807, 2.05) is 23.8 Å². The lowest BCUT2D eigenvalue weighted by atomic mass is 9.81. The van der Waals surface area contributed by atoms with Crippen molar-refractivity contribution in [2.75, 3.05) is 7.11 Å². The Balaban J connectivity index is 2.03. The van der Waals surface area contributed by atoms with Gasteiger partial charge in [0.2, 0.25) is 0 Å². The summed E-state index contributed by atoms with van der Waals surface area (Å²) in [6.07, 6.45) is 10.1. The normalized spacial score (nSPS) is 15.9. The third kappa shape index (κ3) is 2.86. The average molecular weight is 301 g/mol. The Labute approximate surface area is 129 Å². The molecule has 0 N–H and O–H groups in total. The third-order valence-electron chi connectivity index (χ3n) is 4.23. The molecule has 0 aromatic carbocycles. The number of esters is 1. The zero-order valence-electron chi connectivity index (χ0n) is 12.2. The SMILES string of the molecule is COC(=O)c1sccc1-c1cnccc1C1CCCCC1. The number of aromatic nitrogens is 1. The van der Waals surface area contributed by atoms with E-state index < -0.39 is 0 Å². The first kappa shape index (κ1) is 14.3. The summed E-state index contributed by atoms with van der Waals surface area (Å²) >= 11 is 1.43. The molecule has 1 fully saturated rings. The fourth-order valence-electron chi connectivity index (χ4n) is 3.17. The zero-order chi connectivity index (χ0) is 14.7. The van der Waals surface area contributed by atoms with Crippen LogP contribution in [0.3, 0.4) is 0 Å². The van der Waals surface area contributed by atoms with E-state index in [-0.39, 0.29) is 5.97 Å². The van der Waals surface area contributed by atoms with E-state index in [9.17, 15) is 4.79 Å². The molecule has 1 aliphatic carbocycles. The number of rotatable bonds is 3. The van der Waals surface area contributed by atoms with E-state index in [4.69, 9.17) is 4.74 Å². The molecule has 0 aliphatic heterocycles. The van der Waals surface area contributed by atoms with Crippen LogP contribution in [-0.4, -0.2) is 18.1 Å². The predicted molar refractivity (Wildman–Crippen MR) is 84.7 cm³/mol. The number of pyridine rings is 1. The number of hydrogen-bond donors (Lipinski definition) is 0. The van der Waals surface area contributed by atoms with Crippen LogP contribution in [-0.2, 0) is 4.74 Å². The lowest BCUT2D eigenvalue weighted by molar-refractivity contribution is 0.0607. The van der Waals surface area contributed by atoms with Gasteiger partial charge >= 0.3 is 5.97 Å². The van der Waals surface area contributed by atoms with Gasteiger partial charge in [-0.15, -0.1) is 11.3 Å². The second-order valence-electron chi connectivity index (χ2n) is 5.45. The Morgan fingerprint density at radius 2 is 2.05 bits per heavy atom. The van der Waals surface area contributed by atoms with Gasteiger partial charge in [0, 0.05) is 23.5 Å². The van der Waals surface area contributed by atoms with Crippen molar-refractivity contribution >= 4 is 17.3 Å². The van der Waals surface area contributed by atoms with E-state index in [1.54, 1.807) is 0 Å². The summed E-state index contributed by atoms with van der Waals surface area (Å²) in [7, 11) is 1.43. The number of nitrogens with zero attached hydrogens (tertiary/aromatic N) is 1. The molecule has 0 bridgehead atoms. The van der Waals surface area contributed by atoms with E-state index in [2.05, 4.69) is 11.1 Å². The first-order chi connectivity index (χ1) is 10.3. The van der Waals surface area contributed by atoms with Crippen LogP contribution in [0.2, 0.25) is 0 Å². The Hall–Kier alpha value is -1.68. The summed E-state index contributed by atoms with van der Waals surface area (Å²) in [4.78, 5) is 16.9. The standard InChI is InChI=1S/C17H19NO2S/c1-20-17(19)16-14(8-10-21-16)15-11-18-9-7-13(15)12-5-3-2-4-6-12/h7-12H,2-6H2,1H3. The minimum atomic E-state index is -0.265. The monoisotopic (exact) mass is 301 g/mol. The zero-order valence-corrected chi connectivity index (χ0v) is 13.0. The number of carbonyl (C=O) groups excluding carboxylic acids is 1. The van der Waals surface area contributed by atoms with Crippen molar-refractivity contribution in [3.8, 4) is 11.1 Å². The minimum absolute atomic E-state index is 0.265. The summed E-state index contributed by atoms with van der Waals surface area (Å²) in [6, 6.07) is 4.12. The van der Waals surface area contributed by atoms with Gasteiger partial charge in [-0.25, -0.2) is 4.79 Å². The third-order valence-corrected chi connectivity index (χ3v) is 5.12. The molecule has 0 unspecified atom stereocenters. The van der Waals surface area contributed by atoms with Crippen molar-refractivity contribution in [2.45, 2.75) is 38.0 Å². The van der Waals surface area contributed by atoms with Gasteiger partial charge in [-0.1, -0.05) is 19.3 Å². The quantitative estimate of drug-likeness (QED) is 0.775. The maximum absolute atomic E-state index is 11.9. The number of methoxy groups -OCH3 is 1. The Morgan fingerprint density at radius 1 is 1.24 bits per heavy atom. The maximum atomic E-state index is 11.9. The van der Waals surface area contributed by atoms with Crippen LogP contribution in [0.15, 0.2) is 29.9 Å². The molecule has 4 heteroatoms. The molecule has 2 aromatic heterocycles. The lowest BCUT2D eigenvalue weighted by Gasteiger charge is -2.24. The highest BCUT2D eigenvalue weighted by atomic mass is 32.1. The molecule has 0 atom stereocenters. The molecular formula is C17H19NO2S. The summed E-state index contributed by atoms with van der Waals surface area (Å²) < 4.78 is 4.89. The lowest BCUT2D eigenvalue weighted by Crippen LogP contribution is -2.07. The second-order valence-corrected chi connectivity index (χ2v) is 6.37. The van der Waals surface area contributed by atoms with E-state index in [0.717, 1.165) is 11.1 Å². The molecule has 1 aliphatic rings. The van der Waals surface area contributed by atoms with E-state index in [0.29, 0.717) is 10.8 Å².